The summed E-state index contributed by atoms with van der Waals surface area (Å²) in [6, 6.07) is 13.7. The molecule has 2 amide bonds. The molecule has 2 saturated heterocycles. The van der Waals surface area contributed by atoms with Crippen LogP contribution in [0.2, 0.25) is 5.02 Å². The Morgan fingerprint density at radius 2 is 1.74 bits per heavy atom. The number of aromatic nitrogens is 2. The number of halogens is 1. The lowest BCUT2D eigenvalue weighted by Gasteiger charge is -2.50. The van der Waals surface area contributed by atoms with Crippen molar-refractivity contribution in [3.63, 3.8) is 0 Å². The molecule has 2 aromatic heterocycles. The van der Waals surface area contributed by atoms with Crippen molar-refractivity contribution < 1.29 is 9.59 Å². The molecule has 2 aliphatic heterocycles. The molecule has 1 aromatic carbocycles. The molecule has 2 fully saturated rings. The van der Waals surface area contributed by atoms with Gasteiger partial charge in [0.25, 0.3) is 0 Å². The first kappa shape index (κ1) is 22.9. The molecular weight excluding hydrogens is 450 g/mol. The van der Waals surface area contributed by atoms with Gasteiger partial charge in [0.2, 0.25) is 0 Å². The van der Waals surface area contributed by atoms with Crippen LogP contribution < -0.4 is 0 Å². The third-order valence-corrected chi connectivity index (χ3v) is 7.28. The van der Waals surface area contributed by atoms with Crippen molar-refractivity contribution in [1.29, 1.82) is 0 Å². The van der Waals surface area contributed by atoms with Gasteiger partial charge < -0.3 is 14.2 Å². The van der Waals surface area contributed by atoms with Crippen molar-refractivity contribution >= 4 is 29.1 Å². The molecule has 34 heavy (non-hydrogen) atoms. The van der Waals surface area contributed by atoms with Gasteiger partial charge in [0.05, 0.1) is 23.5 Å². The number of rotatable bonds is 5. The summed E-state index contributed by atoms with van der Waals surface area (Å²) in [4.78, 5) is 36.8. The van der Waals surface area contributed by atoms with Gasteiger partial charge in [-0.1, -0.05) is 29.8 Å². The lowest BCUT2D eigenvalue weighted by Crippen LogP contribution is -2.66. The van der Waals surface area contributed by atoms with E-state index < -0.39 is 0 Å². The highest BCUT2D eigenvalue weighted by Crippen LogP contribution is 2.32. The zero-order valence-corrected chi connectivity index (χ0v) is 20.4. The van der Waals surface area contributed by atoms with Crippen molar-refractivity contribution in [2.24, 2.45) is 0 Å². The zero-order valence-electron chi connectivity index (χ0n) is 19.7. The molecule has 2 bridgehead atoms. The molecule has 2 atom stereocenters. The minimum absolute atomic E-state index is 0.0591. The maximum atomic E-state index is 13.2. The third kappa shape index (κ3) is 4.18. The van der Waals surface area contributed by atoms with Crippen molar-refractivity contribution in [2.45, 2.75) is 45.3 Å². The number of carbonyl (C=O) groups is 2. The van der Waals surface area contributed by atoms with E-state index in [1.165, 1.54) is 0 Å². The fourth-order valence-electron chi connectivity index (χ4n) is 5.43. The first-order valence-electron chi connectivity index (χ1n) is 12.0. The van der Waals surface area contributed by atoms with Crippen LogP contribution in [0.1, 0.15) is 32.4 Å². The van der Waals surface area contributed by atoms with Crippen LogP contribution in [0.4, 0.5) is 4.79 Å². The van der Waals surface area contributed by atoms with Gasteiger partial charge in [-0.15, -0.1) is 0 Å². The van der Waals surface area contributed by atoms with Gasteiger partial charge in [0, 0.05) is 62.3 Å². The summed E-state index contributed by atoms with van der Waals surface area (Å²) in [6.07, 6.45) is 2.90. The van der Waals surface area contributed by atoms with E-state index in [9.17, 15) is 9.59 Å². The highest BCUT2D eigenvalue weighted by Gasteiger charge is 2.44. The van der Waals surface area contributed by atoms with Crippen LogP contribution in [0, 0.1) is 0 Å². The number of Topliss-reactive ketones (excluding diaryl/α,β-unsaturated/α-hetero) is 1. The molecule has 0 aliphatic carbocycles. The van der Waals surface area contributed by atoms with E-state index in [2.05, 4.69) is 9.30 Å². The first-order valence-corrected chi connectivity index (χ1v) is 12.4. The van der Waals surface area contributed by atoms with Crippen LogP contribution in [-0.4, -0.2) is 74.2 Å². The van der Waals surface area contributed by atoms with Gasteiger partial charge in [-0.2, -0.15) is 0 Å². The smallest absolute Gasteiger partial charge is 0.320 e. The van der Waals surface area contributed by atoms with Crippen LogP contribution in [0.5, 0.6) is 0 Å². The second-order valence-electron chi connectivity index (χ2n) is 9.15. The number of pyridine rings is 1. The SMILES string of the molecule is CCN(CC)C(=O)N1C2CC(=O)CC1CN(Cc1c(-c3ccc(Cl)cc3)nc3ccccn13)C2. The van der Waals surface area contributed by atoms with Crippen molar-refractivity contribution in [1.82, 2.24) is 24.1 Å². The number of benzene rings is 1. The summed E-state index contributed by atoms with van der Waals surface area (Å²) >= 11 is 6.12. The van der Waals surface area contributed by atoms with Crippen LogP contribution in [-0.2, 0) is 11.3 Å². The second kappa shape index (κ2) is 9.39. The number of imidazole rings is 1. The molecule has 178 valence electrons. The van der Waals surface area contributed by atoms with Gasteiger partial charge in [0.15, 0.2) is 0 Å². The average molecular weight is 480 g/mol. The number of likely N-dealkylation sites (tertiary alicyclic amines) is 1. The van der Waals surface area contributed by atoms with Crippen LogP contribution in [0.15, 0.2) is 48.7 Å². The van der Waals surface area contributed by atoms with Gasteiger partial charge in [-0.3, -0.25) is 9.69 Å². The number of nitrogens with zero attached hydrogens (tertiary/aromatic N) is 5. The number of amides is 2. The Bertz CT molecular complexity index is 1190. The highest BCUT2D eigenvalue weighted by molar-refractivity contribution is 6.30. The molecule has 0 saturated carbocycles. The predicted octanol–water partition coefficient (Wildman–Crippen LogP) is 4.33. The van der Waals surface area contributed by atoms with Crippen LogP contribution in [0.25, 0.3) is 16.9 Å². The number of urea groups is 1. The fourth-order valence-corrected chi connectivity index (χ4v) is 5.55. The van der Waals surface area contributed by atoms with Crippen molar-refractivity contribution in [2.75, 3.05) is 26.2 Å². The Morgan fingerprint density at radius 3 is 2.38 bits per heavy atom. The topological polar surface area (TPSA) is 61.2 Å². The Balaban J connectivity index is 1.45. The minimum Gasteiger partial charge on any atom is -0.325 e. The molecule has 4 heterocycles. The molecule has 5 rings (SSSR count). The second-order valence-corrected chi connectivity index (χ2v) is 9.59. The predicted molar refractivity (Wildman–Crippen MR) is 133 cm³/mol. The molecular formula is C26H30ClN5O2. The average Bonchev–Trinajstić information content (AvgIpc) is 3.18. The monoisotopic (exact) mass is 479 g/mol. The maximum absolute atomic E-state index is 13.2. The largest absolute Gasteiger partial charge is 0.325 e. The van der Waals surface area contributed by atoms with E-state index in [1.807, 2.05) is 72.3 Å². The summed E-state index contributed by atoms with van der Waals surface area (Å²) in [5.74, 6) is 0.259. The quantitative estimate of drug-likeness (QED) is 0.546. The van der Waals surface area contributed by atoms with Crippen LogP contribution in [0.3, 0.4) is 0 Å². The fraction of sp³-hybridized carbons (Fsp3) is 0.423. The standard InChI is InChI=1S/C26H30ClN5O2/c1-3-30(4-2)26(34)32-20-13-22(33)14-21(32)16-29(15-20)17-23-25(18-8-10-19(27)11-9-18)28-24-7-5-6-12-31(23)24/h5-12,20-21H,3-4,13-17H2,1-2H3. The summed E-state index contributed by atoms with van der Waals surface area (Å²) in [5, 5.41) is 0.695. The van der Waals surface area contributed by atoms with E-state index in [1.54, 1.807) is 0 Å². The number of hydrogen-bond acceptors (Lipinski definition) is 4. The molecule has 7 nitrogen and oxygen atoms in total. The number of fused-ring (bicyclic) bond motifs is 3. The first-order chi connectivity index (χ1) is 16.5. The molecule has 0 spiro atoms. The summed E-state index contributed by atoms with van der Waals surface area (Å²) in [6.45, 7) is 7.40. The van der Waals surface area contributed by atoms with Gasteiger partial charge in [0.1, 0.15) is 11.4 Å². The summed E-state index contributed by atoms with van der Waals surface area (Å²) in [5.41, 5.74) is 3.96. The highest BCUT2D eigenvalue weighted by atomic mass is 35.5. The summed E-state index contributed by atoms with van der Waals surface area (Å²) < 4.78 is 2.14. The molecule has 3 aromatic rings. The lowest BCUT2D eigenvalue weighted by atomic mass is 9.90. The molecule has 0 radical (unpaired) electrons. The van der Waals surface area contributed by atoms with E-state index in [0.29, 0.717) is 50.6 Å². The lowest BCUT2D eigenvalue weighted by molar-refractivity contribution is -0.127. The Kier molecular flexibility index (Phi) is 6.32. The number of hydrogen-bond donors (Lipinski definition) is 0. The normalized spacial score (nSPS) is 20.7. The molecule has 0 N–H and O–H groups in total. The number of piperidine rings is 1. The minimum atomic E-state index is -0.0914. The van der Waals surface area contributed by atoms with Gasteiger partial charge in [-0.25, -0.2) is 9.78 Å². The summed E-state index contributed by atoms with van der Waals surface area (Å²) in [7, 11) is 0. The van der Waals surface area contributed by atoms with Crippen LogP contribution >= 0.6 is 11.6 Å². The Labute approximate surface area is 204 Å². The number of piperazine rings is 1. The van der Waals surface area contributed by atoms with E-state index >= 15 is 0 Å². The van der Waals surface area contributed by atoms with Crippen molar-refractivity contribution in [3.8, 4) is 11.3 Å². The van der Waals surface area contributed by atoms with E-state index in [0.717, 1.165) is 22.6 Å². The number of carbonyl (C=O) groups excluding carboxylic acids is 2. The van der Waals surface area contributed by atoms with E-state index in [-0.39, 0.29) is 23.9 Å². The molecule has 8 heteroatoms. The Morgan fingerprint density at radius 1 is 1.06 bits per heavy atom. The molecule has 2 aliphatic rings. The molecule has 2 unspecified atom stereocenters. The van der Waals surface area contributed by atoms with E-state index in [4.69, 9.17) is 16.6 Å². The maximum Gasteiger partial charge on any atom is 0.320 e. The third-order valence-electron chi connectivity index (χ3n) is 7.03. The zero-order chi connectivity index (χ0) is 23.8. The van der Waals surface area contributed by atoms with Gasteiger partial charge >= 0.3 is 6.03 Å². The number of ketones is 1. The Hall–Kier alpha value is -2.90. The van der Waals surface area contributed by atoms with Gasteiger partial charge in [-0.05, 0) is 38.1 Å². The van der Waals surface area contributed by atoms with Crippen molar-refractivity contribution in [3.05, 3.63) is 59.4 Å².